The number of hydrogen-bond donors (Lipinski definition) is 0. The summed E-state index contributed by atoms with van der Waals surface area (Å²) in [5, 5.41) is 0. The molecule has 3 rings (SSSR count). The van der Waals surface area contributed by atoms with Gasteiger partial charge in [-0.3, -0.25) is 19.2 Å². The van der Waals surface area contributed by atoms with Gasteiger partial charge in [0.1, 0.15) is 5.75 Å². The van der Waals surface area contributed by atoms with Crippen LogP contribution in [0.2, 0.25) is 0 Å². The van der Waals surface area contributed by atoms with Gasteiger partial charge in [-0.05, 0) is 19.1 Å². The van der Waals surface area contributed by atoms with Crippen LogP contribution in [-0.4, -0.2) is 30.8 Å². The van der Waals surface area contributed by atoms with Gasteiger partial charge in [0.15, 0.2) is 23.0 Å². The van der Waals surface area contributed by atoms with Crippen molar-refractivity contribution in [2.75, 3.05) is 7.11 Å². The second-order valence-corrected chi connectivity index (χ2v) is 6.68. The summed E-state index contributed by atoms with van der Waals surface area (Å²) in [5.41, 5.74) is 0.958. The van der Waals surface area contributed by atoms with Gasteiger partial charge < -0.3 is 23.7 Å². The summed E-state index contributed by atoms with van der Waals surface area (Å²) in [6.45, 7) is 4.87. The van der Waals surface area contributed by atoms with Crippen molar-refractivity contribution in [3.8, 4) is 34.1 Å². The highest BCUT2D eigenvalue weighted by Crippen LogP contribution is 2.55. The molecule has 9 nitrogen and oxygen atoms in total. The van der Waals surface area contributed by atoms with E-state index in [-0.39, 0.29) is 28.4 Å². The molecule has 162 valence electrons. The molecule has 9 heteroatoms. The molecule has 31 heavy (non-hydrogen) atoms. The lowest BCUT2D eigenvalue weighted by Crippen LogP contribution is -2.22. The van der Waals surface area contributed by atoms with E-state index in [1.54, 1.807) is 18.2 Å². The molecule has 2 aromatic rings. The molecule has 0 N–H and O–H groups in total. The minimum atomic E-state index is -1.24. The fourth-order valence-corrected chi connectivity index (χ4v) is 3.31. The lowest BCUT2D eigenvalue weighted by molar-refractivity contribution is -0.162. The Morgan fingerprint density at radius 3 is 2.13 bits per heavy atom. The molecular weight excluding hydrogens is 408 g/mol. The fourth-order valence-electron chi connectivity index (χ4n) is 3.31. The van der Waals surface area contributed by atoms with Gasteiger partial charge in [0, 0.05) is 26.3 Å². The summed E-state index contributed by atoms with van der Waals surface area (Å²) in [7, 11) is 1.43. The smallest absolute Gasteiger partial charge is 0.308 e. The normalized spacial score (nSPS) is 13.8. The number of hydrogen-bond acceptors (Lipinski definition) is 9. The maximum Gasteiger partial charge on any atom is 0.308 e. The molecule has 1 atom stereocenters. The first-order valence-corrected chi connectivity index (χ1v) is 9.24. The summed E-state index contributed by atoms with van der Waals surface area (Å²) in [6, 6.07) is 6.21. The van der Waals surface area contributed by atoms with Crippen molar-refractivity contribution in [3.05, 3.63) is 35.4 Å². The monoisotopic (exact) mass is 428 g/mol. The van der Waals surface area contributed by atoms with Gasteiger partial charge in [-0.15, -0.1) is 0 Å². The maximum absolute atomic E-state index is 12.3. The number of Topliss-reactive ketones (excluding diaryl/α,β-unsaturated/α-hetero) is 1. The van der Waals surface area contributed by atoms with Gasteiger partial charge in [-0.25, -0.2) is 0 Å². The number of ether oxygens (including phenoxy) is 5. The van der Waals surface area contributed by atoms with E-state index < -0.39 is 30.0 Å². The standard InChI is InChI=1S/C22H20O9/c1-10(23)15-9-17(28-11(2)24)21-19(20(15)29-12(3)25)14-7-6-8-16(27-5)18(14)22(31-21)30-13(4)26/h6-9,22H,1-5H3/t22-/m1/s1. The Hall–Kier alpha value is -3.88. The van der Waals surface area contributed by atoms with E-state index in [1.165, 1.54) is 40.9 Å². The van der Waals surface area contributed by atoms with Crippen LogP contribution in [0.1, 0.15) is 49.9 Å². The molecular formula is C22H20O9. The van der Waals surface area contributed by atoms with E-state index in [0.717, 1.165) is 0 Å². The minimum absolute atomic E-state index is 0.00788. The minimum Gasteiger partial charge on any atom is -0.496 e. The van der Waals surface area contributed by atoms with E-state index >= 15 is 0 Å². The van der Waals surface area contributed by atoms with Crippen LogP contribution in [0.4, 0.5) is 0 Å². The lowest BCUT2D eigenvalue weighted by atomic mass is 9.91. The highest BCUT2D eigenvalue weighted by molar-refractivity contribution is 6.03. The van der Waals surface area contributed by atoms with Crippen molar-refractivity contribution in [3.63, 3.8) is 0 Å². The largest absolute Gasteiger partial charge is 0.496 e. The van der Waals surface area contributed by atoms with E-state index in [9.17, 15) is 19.2 Å². The quantitative estimate of drug-likeness (QED) is 0.402. The average molecular weight is 428 g/mol. The Kier molecular flexibility index (Phi) is 5.96. The van der Waals surface area contributed by atoms with Gasteiger partial charge in [0.2, 0.25) is 0 Å². The second-order valence-electron chi connectivity index (χ2n) is 6.68. The summed E-state index contributed by atoms with van der Waals surface area (Å²) < 4.78 is 27.3. The van der Waals surface area contributed by atoms with Gasteiger partial charge in [-0.2, -0.15) is 0 Å². The molecule has 1 aliphatic heterocycles. The van der Waals surface area contributed by atoms with Crippen molar-refractivity contribution in [2.24, 2.45) is 0 Å². The first kappa shape index (κ1) is 21.8. The summed E-state index contributed by atoms with van der Waals surface area (Å²) in [6.07, 6.45) is -1.24. The SMILES string of the molecule is COc1cccc2c1[C@H](OC(C)=O)Oc1c(OC(C)=O)cc(C(C)=O)c(OC(C)=O)c1-2. The number of rotatable bonds is 5. The number of carbonyl (C=O) groups excluding carboxylic acids is 4. The highest BCUT2D eigenvalue weighted by atomic mass is 16.7. The van der Waals surface area contributed by atoms with Crippen LogP contribution >= 0.6 is 0 Å². The molecule has 0 saturated carbocycles. The predicted molar refractivity (Wildman–Crippen MR) is 106 cm³/mol. The number of methoxy groups -OCH3 is 1. The molecule has 0 spiro atoms. The third-order valence-electron chi connectivity index (χ3n) is 4.37. The topological polar surface area (TPSA) is 114 Å². The summed E-state index contributed by atoms with van der Waals surface area (Å²) in [4.78, 5) is 47.6. The summed E-state index contributed by atoms with van der Waals surface area (Å²) >= 11 is 0. The second kappa shape index (κ2) is 8.47. The lowest BCUT2D eigenvalue weighted by Gasteiger charge is -2.31. The zero-order chi connectivity index (χ0) is 22.9. The Bertz CT molecular complexity index is 1100. The molecule has 2 aromatic carbocycles. The molecule has 0 fully saturated rings. The van der Waals surface area contributed by atoms with Crippen LogP contribution in [0.5, 0.6) is 23.0 Å². The van der Waals surface area contributed by atoms with Gasteiger partial charge in [-0.1, -0.05) is 12.1 Å². The number of ketones is 1. The average Bonchev–Trinajstić information content (AvgIpc) is 2.67. The predicted octanol–water partition coefficient (Wildman–Crippen LogP) is 3.37. The van der Waals surface area contributed by atoms with E-state index in [2.05, 4.69) is 0 Å². The Morgan fingerprint density at radius 2 is 1.58 bits per heavy atom. The van der Waals surface area contributed by atoms with Crippen LogP contribution in [0.15, 0.2) is 24.3 Å². The maximum atomic E-state index is 12.3. The van der Waals surface area contributed by atoms with E-state index in [1.807, 2.05) is 0 Å². The molecule has 0 saturated heterocycles. The van der Waals surface area contributed by atoms with Gasteiger partial charge in [0.05, 0.1) is 23.8 Å². The number of esters is 3. The van der Waals surface area contributed by atoms with Crippen molar-refractivity contribution >= 4 is 23.7 Å². The van der Waals surface area contributed by atoms with Crippen molar-refractivity contribution in [2.45, 2.75) is 34.0 Å². The number of carbonyl (C=O) groups is 4. The van der Waals surface area contributed by atoms with E-state index in [0.29, 0.717) is 16.9 Å². The zero-order valence-electron chi connectivity index (χ0n) is 17.6. The van der Waals surface area contributed by atoms with E-state index in [4.69, 9.17) is 23.7 Å². The van der Waals surface area contributed by atoms with Crippen molar-refractivity contribution < 1.29 is 42.9 Å². The van der Waals surface area contributed by atoms with Crippen molar-refractivity contribution in [1.29, 1.82) is 0 Å². The Morgan fingerprint density at radius 1 is 0.903 bits per heavy atom. The Balaban J connectivity index is 2.44. The van der Waals surface area contributed by atoms with Gasteiger partial charge in [0.25, 0.3) is 6.29 Å². The number of benzene rings is 2. The fraction of sp³-hybridized carbons (Fsp3) is 0.273. The molecule has 0 unspecified atom stereocenters. The third-order valence-corrected chi connectivity index (χ3v) is 4.37. The molecule has 0 radical (unpaired) electrons. The first-order chi connectivity index (χ1) is 14.6. The molecule has 1 aliphatic rings. The van der Waals surface area contributed by atoms with Gasteiger partial charge >= 0.3 is 17.9 Å². The number of fused-ring (bicyclic) bond motifs is 3. The third kappa shape index (κ3) is 4.20. The molecule has 0 aliphatic carbocycles. The van der Waals surface area contributed by atoms with Crippen LogP contribution in [0.25, 0.3) is 11.1 Å². The highest BCUT2D eigenvalue weighted by Gasteiger charge is 2.38. The Labute approximate surface area is 177 Å². The van der Waals surface area contributed by atoms with Crippen LogP contribution in [0, 0.1) is 0 Å². The molecule has 1 heterocycles. The molecule has 0 aromatic heterocycles. The molecule has 0 bridgehead atoms. The van der Waals surface area contributed by atoms with Crippen LogP contribution < -0.4 is 18.9 Å². The first-order valence-electron chi connectivity index (χ1n) is 9.24. The van der Waals surface area contributed by atoms with Crippen LogP contribution in [-0.2, 0) is 19.1 Å². The zero-order valence-corrected chi connectivity index (χ0v) is 17.6. The van der Waals surface area contributed by atoms with Crippen molar-refractivity contribution in [1.82, 2.24) is 0 Å². The molecule has 0 amide bonds. The van der Waals surface area contributed by atoms with Crippen LogP contribution in [0.3, 0.4) is 0 Å². The summed E-state index contributed by atoms with van der Waals surface area (Å²) in [5.74, 6) is -2.23.